The predicted octanol–water partition coefficient (Wildman–Crippen LogP) is 1.12. The highest BCUT2D eigenvalue weighted by atomic mass is 32.1. The zero-order valence-corrected chi connectivity index (χ0v) is 9.81. The molecule has 0 unspecified atom stereocenters. The molecule has 0 bridgehead atoms. The summed E-state index contributed by atoms with van der Waals surface area (Å²) in [6.45, 7) is 0.557. The number of hydrogen-bond donors (Lipinski definition) is 2. The molecule has 0 radical (unpaired) electrons. The molecule has 86 valence electrons. The lowest BCUT2D eigenvalue weighted by molar-refractivity contribution is 0.999. The second-order valence-electron chi connectivity index (χ2n) is 3.30. The van der Waals surface area contributed by atoms with Crippen LogP contribution in [-0.4, -0.2) is 19.9 Å². The van der Waals surface area contributed by atoms with Crippen molar-refractivity contribution in [2.75, 3.05) is 5.32 Å². The standard InChI is InChI=1S/C11H11N5S/c12-10(17)9-4-6-14-11(16-9)15-7-8-3-1-2-5-13-8/h1-6H,7H2,(H2,12,17)(H,14,15,16). The van der Waals surface area contributed by atoms with Crippen molar-refractivity contribution in [2.24, 2.45) is 5.73 Å². The van der Waals surface area contributed by atoms with Gasteiger partial charge in [0.25, 0.3) is 0 Å². The molecule has 2 aromatic heterocycles. The summed E-state index contributed by atoms with van der Waals surface area (Å²) in [6, 6.07) is 7.39. The van der Waals surface area contributed by atoms with Gasteiger partial charge in [0.2, 0.25) is 5.95 Å². The molecule has 0 fully saturated rings. The lowest BCUT2D eigenvalue weighted by atomic mass is 10.3. The maximum atomic E-state index is 5.49. The highest BCUT2D eigenvalue weighted by molar-refractivity contribution is 7.80. The Morgan fingerprint density at radius 3 is 2.82 bits per heavy atom. The predicted molar refractivity (Wildman–Crippen MR) is 69.5 cm³/mol. The van der Waals surface area contributed by atoms with Gasteiger partial charge in [-0.3, -0.25) is 4.98 Å². The number of anilines is 1. The lowest BCUT2D eigenvalue weighted by Crippen LogP contribution is -2.13. The summed E-state index contributed by atoms with van der Waals surface area (Å²) < 4.78 is 0. The Labute approximate surface area is 104 Å². The summed E-state index contributed by atoms with van der Waals surface area (Å²) in [7, 11) is 0. The van der Waals surface area contributed by atoms with Gasteiger partial charge in [0, 0.05) is 12.4 Å². The smallest absolute Gasteiger partial charge is 0.223 e. The third kappa shape index (κ3) is 3.18. The minimum Gasteiger partial charge on any atom is -0.388 e. The Hall–Kier alpha value is -2.08. The first kappa shape index (κ1) is 11.4. The van der Waals surface area contributed by atoms with Gasteiger partial charge in [0.05, 0.1) is 12.2 Å². The number of thiocarbonyl (C=S) groups is 1. The van der Waals surface area contributed by atoms with Crippen LogP contribution in [0.2, 0.25) is 0 Å². The Bertz CT molecular complexity index is 514. The van der Waals surface area contributed by atoms with E-state index in [2.05, 4.69) is 20.3 Å². The summed E-state index contributed by atoms with van der Waals surface area (Å²) in [5.74, 6) is 0.487. The molecule has 0 atom stereocenters. The van der Waals surface area contributed by atoms with Crippen molar-refractivity contribution in [1.82, 2.24) is 15.0 Å². The van der Waals surface area contributed by atoms with Gasteiger partial charge in [0.15, 0.2) is 0 Å². The normalized spacial score (nSPS) is 9.88. The van der Waals surface area contributed by atoms with Crippen LogP contribution in [0.1, 0.15) is 11.4 Å². The van der Waals surface area contributed by atoms with Gasteiger partial charge in [0.1, 0.15) is 10.7 Å². The van der Waals surface area contributed by atoms with Crippen molar-refractivity contribution in [3.05, 3.63) is 48.0 Å². The molecule has 2 heterocycles. The monoisotopic (exact) mass is 245 g/mol. The van der Waals surface area contributed by atoms with Crippen LogP contribution in [0.4, 0.5) is 5.95 Å². The number of nitrogens with two attached hydrogens (primary N) is 1. The average molecular weight is 245 g/mol. The van der Waals surface area contributed by atoms with Crippen molar-refractivity contribution in [2.45, 2.75) is 6.54 Å². The summed E-state index contributed by atoms with van der Waals surface area (Å²) in [4.78, 5) is 12.7. The van der Waals surface area contributed by atoms with E-state index < -0.39 is 0 Å². The molecule has 17 heavy (non-hydrogen) atoms. The van der Waals surface area contributed by atoms with E-state index in [4.69, 9.17) is 18.0 Å². The molecule has 0 aliphatic carbocycles. The second kappa shape index (κ2) is 5.31. The molecule has 0 saturated heterocycles. The van der Waals surface area contributed by atoms with Gasteiger partial charge in [-0.1, -0.05) is 18.3 Å². The molecule has 3 N–H and O–H groups in total. The molecule has 0 aliphatic heterocycles. The zero-order valence-electron chi connectivity index (χ0n) is 9.00. The van der Waals surface area contributed by atoms with Gasteiger partial charge in [-0.05, 0) is 18.2 Å². The summed E-state index contributed by atoms with van der Waals surface area (Å²) in [5, 5.41) is 3.06. The average Bonchev–Trinajstić information content (AvgIpc) is 2.38. The maximum Gasteiger partial charge on any atom is 0.223 e. The lowest BCUT2D eigenvalue weighted by Gasteiger charge is -2.05. The van der Waals surface area contributed by atoms with Gasteiger partial charge in [-0.25, -0.2) is 9.97 Å². The fourth-order valence-corrected chi connectivity index (χ4v) is 1.37. The van der Waals surface area contributed by atoms with Gasteiger partial charge < -0.3 is 11.1 Å². The topological polar surface area (TPSA) is 76.7 Å². The number of nitrogens with zero attached hydrogens (tertiary/aromatic N) is 3. The van der Waals surface area contributed by atoms with Crippen molar-refractivity contribution >= 4 is 23.2 Å². The van der Waals surface area contributed by atoms with Crippen molar-refractivity contribution in [3.63, 3.8) is 0 Å². The summed E-state index contributed by atoms with van der Waals surface area (Å²) in [5.41, 5.74) is 6.96. The van der Waals surface area contributed by atoms with E-state index in [1.54, 1.807) is 18.5 Å². The third-order valence-electron chi connectivity index (χ3n) is 2.06. The minimum atomic E-state index is 0.258. The Balaban J connectivity index is 2.04. The molecule has 0 spiro atoms. The molecular formula is C11H11N5S. The third-order valence-corrected chi connectivity index (χ3v) is 2.27. The Morgan fingerprint density at radius 1 is 1.24 bits per heavy atom. The van der Waals surface area contributed by atoms with Crippen LogP contribution in [0.3, 0.4) is 0 Å². The number of pyridine rings is 1. The molecule has 0 saturated carbocycles. The largest absolute Gasteiger partial charge is 0.388 e. The molecule has 0 aromatic carbocycles. The van der Waals surface area contributed by atoms with E-state index in [0.29, 0.717) is 18.2 Å². The quantitative estimate of drug-likeness (QED) is 0.786. The highest BCUT2D eigenvalue weighted by Gasteiger charge is 2.01. The first-order valence-corrected chi connectivity index (χ1v) is 5.43. The van der Waals surface area contributed by atoms with Crippen LogP contribution in [0, 0.1) is 0 Å². The molecule has 0 aliphatic rings. The van der Waals surface area contributed by atoms with Gasteiger partial charge >= 0.3 is 0 Å². The fourth-order valence-electron chi connectivity index (χ4n) is 1.25. The van der Waals surface area contributed by atoms with Gasteiger partial charge in [-0.15, -0.1) is 0 Å². The van der Waals surface area contributed by atoms with Crippen molar-refractivity contribution in [3.8, 4) is 0 Å². The van der Waals surface area contributed by atoms with E-state index >= 15 is 0 Å². The molecule has 6 heteroatoms. The van der Waals surface area contributed by atoms with E-state index in [0.717, 1.165) is 5.69 Å². The first-order valence-electron chi connectivity index (χ1n) is 5.02. The zero-order chi connectivity index (χ0) is 12.1. The number of aromatic nitrogens is 3. The molecule has 2 aromatic rings. The summed E-state index contributed by atoms with van der Waals surface area (Å²) in [6.07, 6.45) is 3.35. The Kier molecular flexibility index (Phi) is 3.56. The molecule has 5 nitrogen and oxygen atoms in total. The van der Waals surface area contributed by atoms with E-state index in [1.165, 1.54) is 0 Å². The number of nitrogens with one attached hydrogen (secondary N) is 1. The minimum absolute atomic E-state index is 0.258. The van der Waals surface area contributed by atoms with E-state index in [-0.39, 0.29) is 4.99 Å². The SMILES string of the molecule is NC(=S)c1ccnc(NCc2ccccn2)n1. The number of hydrogen-bond acceptors (Lipinski definition) is 5. The summed E-state index contributed by atoms with van der Waals surface area (Å²) >= 11 is 4.85. The molecular weight excluding hydrogens is 234 g/mol. The number of rotatable bonds is 4. The molecule has 2 rings (SSSR count). The fraction of sp³-hybridized carbons (Fsp3) is 0.0909. The van der Waals surface area contributed by atoms with Crippen molar-refractivity contribution < 1.29 is 0 Å². The van der Waals surface area contributed by atoms with Crippen molar-refractivity contribution in [1.29, 1.82) is 0 Å². The van der Waals surface area contributed by atoms with Crippen LogP contribution >= 0.6 is 12.2 Å². The molecule has 0 amide bonds. The van der Waals surface area contributed by atoms with Crippen LogP contribution < -0.4 is 11.1 Å². The van der Waals surface area contributed by atoms with Crippen LogP contribution in [0.5, 0.6) is 0 Å². The van der Waals surface area contributed by atoms with Gasteiger partial charge in [-0.2, -0.15) is 0 Å². The van der Waals surface area contributed by atoms with E-state index in [9.17, 15) is 0 Å². The highest BCUT2D eigenvalue weighted by Crippen LogP contribution is 2.02. The first-order chi connectivity index (χ1) is 8.25. The Morgan fingerprint density at radius 2 is 2.12 bits per heavy atom. The van der Waals surface area contributed by atoms with Crippen LogP contribution in [0.15, 0.2) is 36.7 Å². The maximum absolute atomic E-state index is 5.49. The van der Waals surface area contributed by atoms with Crippen LogP contribution in [0.25, 0.3) is 0 Å². The van der Waals surface area contributed by atoms with E-state index in [1.807, 2.05) is 18.2 Å². The second-order valence-corrected chi connectivity index (χ2v) is 3.74. The van der Waals surface area contributed by atoms with Crippen LogP contribution in [-0.2, 0) is 6.54 Å².